The molecule has 0 bridgehead atoms. The van der Waals surface area contributed by atoms with Gasteiger partial charge in [-0.1, -0.05) is 18.2 Å². The molecule has 0 unspecified atom stereocenters. The van der Waals surface area contributed by atoms with Gasteiger partial charge in [-0.05, 0) is 30.7 Å². The zero-order valence-electron chi connectivity index (χ0n) is 17.6. The summed E-state index contributed by atoms with van der Waals surface area (Å²) in [5.41, 5.74) is 1.71. The molecule has 7 heteroatoms. The van der Waals surface area contributed by atoms with Crippen molar-refractivity contribution in [1.82, 2.24) is 15.5 Å². The Hall–Kier alpha value is -3.22. The van der Waals surface area contributed by atoms with E-state index in [1.807, 2.05) is 48.3 Å². The molecule has 156 valence electrons. The lowest BCUT2D eigenvalue weighted by molar-refractivity contribution is 0.0953. The summed E-state index contributed by atoms with van der Waals surface area (Å²) in [5, 5.41) is 6.25. The van der Waals surface area contributed by atoms with E-state index in [4.69, 9.17) is 9.47 Å². The van der Waals surface area contributed by atoms with Crippen LogP contribution in [0.25, 0.3) is 0 Å². The third-order valence-corrected chi connectivity index (χ3v) is 4.43. The standard InChI is InChI=1S/C22H30N4O3/c1-23-22(25-14-8-13-24-21(27)17-9-6-5-7-10-17)26(2)16-18-11-12-19(28-3)15-20(18)29-4/h5-7,9-12,15H,8,13-14,16H2,1-4H3,(H,23,25)(H,24,27). The first-order chi connectivity index (χ1) is 14.1. The number of carbonyl (C=O) groups is 1. The van der Waals surface area contributed by atoms with Gasteiger partial charge in [0.1, 0.15) is 11.5 Å². The normalized spacial score (nSPS) is 11.0. The van der Waals surface area contributed by atoms with Crippen molar-refractivity contribution in [3.8, 4) is 11.5 Å². The highest BCUT2D eigenvalue weighted by molar-refractivity contribution is 5.94. The first-order valence-electron chi connectivity index (χ1n) is 9.55. The van der Waals surface area contributed by atoms with Gasteiger partial charge >= 0.3 is 0 Å². The van der Waals surface area contributed by atoms with Crippen molar-refractivity contribution in [2.45, 2.75) is 13.0 Å². The average Bonchev–Trinajstić information content (AvgIpc) is 2.76. The highest BCUT2D eigenvalue weighted by Gasteiger charge is 2.11. The van der Waals surface area contributed by atoms with Gasteiger partial charge in [0.2, 0.25) is 0 Å². The zero-order chi connectivity index (χ0) is 21.1. The van der Waals surface area contributed by atoms with Gasteiger partial charge in [0.25, 0.3) is 5.91 Å². The zero-order valence-corrected chi connectivity index (χ0v) is 17.6. The van der Waals surface area contributed by atoms with Crippen LogP contribution in [-0.4, -0.2) is 58.2 Å². The van der Waals surface area contributed by atoms with Crippen LogP contribution in [0.4, 0.5) is 0 Å². The molecule has 0 aliphatic carbocycles. The largest absolute Gasteiger partial charge is 0.497 e. The number of nitrogens with zero attached hydrogens (tertiary/aromatic N) is 2. The Morgan fingerprint density at radius 1 is 1.03 bits per heavy atom. The fourth-order valence-corrected chi connectivity index (χ4v) is 2.88. The van der Waals surface area contributed by atoms with Crippen LogP contribution in [0.2, 0.25) is 0 Å². The van der Waals surface area contributed by atoms with E-state index >= 15 is 0 Å². The van der Waals surface area contributed by atoms with Gasteiger partial charge in [-0.3, -0.25) is 9.79 Å². The monoisotopic (exact) mass is 398 g/mol. The van der Waals surface area contributed by atoms with Crippen LogP contribution >= 0.6 is 0 Å². The minimum Gasteiger partial charge on any atom is -0.497 e. The third kappa shape index (κ3) is 6.71. The second-order valence-corrected chi connectivity index (χ2v) is 6.48. The molecule has 0 heterocycles. The number of methoxy groups -OCH3 is 2. The van der Waals surface area contributed by atoms with Gasteiger partial charge in [0.05, 0.1) is 14.2 Å². The summed E-state index contributed by atoms with van der Waals surface area (Å²) < 4.78 is 10.7. The summed E-state index contributed by atoms with van der Waals surface area (Å²) in [4.78, 5) is 18.4. The molecule has 29 heavy (non-hydrogen) atoms. The van der Waals surface area contributed by atoms with Crippen LogP contribution in [-0.2, 0) is 6.54 Å². The molecule has 1 amide bonds. The molecule has 0 fully saturated rings. The third-order valence-electron chi connectivity index (χ3n) is 4.43. The van der Waals surface area contributed by atoms with E-state index in [1.54, 1.807) is 33.4 Å². The lowest BCUT2D eigenvalue weighted by Crippen LogP contribution is -2.39. The second-order valence-electron chi connectivity index (χ2n) is 6.48. The molecule has 7 nitrogen and oxygen atoms in total. The maximum Gasteiger partial charge on any atom is 0.251 e. The maximum atomic E-state index is 12.0. The van der Waals surface area contributed by atoms with Crippen molar-refractivity contribution in [3.63, 3.8) is 0 Å². The van der Waals surface area contributed by atoms with Crippen molar-refractivity contribution in [2.75, 3.05) is 41.4 Å². The molecule has 0 saturated heterocycles. The SMILES string of the molecule is CN=C(NCCCNC(=O)c1ccccc1)N(C)Cc1ccc(OC)cc1OC. The van der Waals surface area contributed by atoms with Crippen LogP contribution in [0, 0.1) is 0 Å². The predicted octanol–water partition coefficient (Wildman–Crippen LogP) is 2.53. The lowest BCUT2D eigenvalue weighted by atomic mass is 10.2. The van der Waals surface area contributed by atoms with E-state index in [0.29, 0.717) is 25.2 Å². The van der Waals surface area contributed by atoms with E-state index in [1.165, 1.54) is 0 Å². The van der Waals surface area contributed by atoms with Gasteiger partial charge < -0.3 is 25.0 Å². The molecular weight excluding hydrogens is 368 g/mol. The smallest absolute Gasteiger partial charge is 0.251 e. The van der Waals surface area contributed by atoms with E-state index in [2.05, 4.69) is 15.6 Å². The van der Waals surface area contributed by atoms with Crippen molar-refractivity contribution in [1.29, 1.82) is 0 Å². The molecule has 0 saturated carbocycles. The highest BCUT2D eigenvalue weighted by atomic mass is 16.5. The van der Waals surface area contributed by atoms with Gasteiger partial charge in [0.15, 0.2) is 5.96 Å². The molecule has 2 rings (SSSR count). The van der Waals surface area contributed by atoms with Gasteiger partial charge in [-0.25, -0.2) is 0 Å². The first-order valence-corrected chi connectivity index (χ1v) is 9.55. The van der Waals surface area contributed by atoms with Gasteiger partial charge in [0, 0.05) is 50.9 Å². The van der Waals surface area contributed by atoms with E-state index in [9.17, 15) is 4.79 Å². The number of ether oxygens (including phenoxy) is 2. The maximum absolute atomic E-state index is 12.0. The van der Waals surface area contributed by atoms with Crippen LogP contribution < -0.4 is 20.1 Å². The van der Waals surface area contributed by atoms with E-state index in [-0.39, 0.29) is 5.91 Å². The van der Waals surface area contributed by atoms with Crippen LogP contribution in [0.1, 0.15) is 22.3 Å². The minimum atomic E-state index is -0.0568. The van der Waals surface area contributed by atoms with E-state index in [0.717, 1.165) is 29.4 Å². The quantitative estimate of drug-likeness (QED) is 0.386. The summed E-state index contributed by atoms with van der Waals surface area (Å²) in [6.07, 6.45) is 0.789. The Kier molecular flexibility index (Phi) is 8.82. The molecule has 2 N–H and O–H groups in total. The molecule has 0 aromatic heterocycles. The Balaban J connectivity index is 1.79. The highest BCUT2D eigenvalue weighted by Crippen LogP contribution is 2.25. The number of rotatable bonds is 9. The molecular formula is C22H30N4O3. The Morgan fingerprint density at radius 3 is 2.41 bits per heavy atom. The molecule has 0 atom stereocenters. The number of aliphatic imine (C=N–C) groups is 1. The summed E-state index contributed by atoms with van der Waals surface area (Å²) in [6.45, 7) is 1.93. The number of nitrogens with one attached hydrogen (secondary N) is 2. The average molecular weight is 399 g/mol. The number of hydrogen-bond acceptors (Lipinski definition) is 4. The lowest BCUT2D eigenvalue weighted by Gasteiger charge is -2.23. The summed E-state index contributed by atoms with van der Waals surface area (Å²) >= 11 is 0. The van der Waals surface area contributed by atoms with Crippen LogP contribution in [0.3, 0.4) is 0 Å². The van der Waals surface area contributed by atoms with E-state index < -0.39 is 0 Å². The molecule has 2 aromatic rings. The summed E-state index contributed by atoms with van der Waals surface area (Å²) in [6, 6.07) is 15.0. The number of carbonyl (C=O) groups excluding carboxylic acids is 1. The van der Waals surface area contributed by atoms with Crippen LogP contribution in [0.5, 0.6) is 11.5 Å². The fraction of sp³-hybridized carbons (Fsp3) is 0.364. The molecule has 0 spiro atoms. The first kappa shape index (κ1) is 22.1. The number of amides is 1. The molecule has 2 aromatic carbocycles. The van der Waals surface area contributed by atoms with Crippen LogP contribution in [0.15, 0.2) is 53.5 Å². The number of benzene rings is 2. The summed E-state index contributed by atoms with van der Waals surface area (Å²) in [7, 11) is 7.00. The van der Waals surface area contributed by atoms with Crippen molar-refractivity contribution >= 4 is 11.9 Å². The van der Waals surface area contributed by atoms with Gasteiger partial charge in [-0.15, -0.1) is 0 Å². The van der Waals surface area contributed by atoms with Gasteiger partial charge in [-0.2, -0.15) is 0 Å². The Morgan fingerprint density at radius 2 is 1.76 bits per heavy atom. The Bertz CT molecular complexity index is 809. The summed E-state index contributed by atoms with van der Waals surface area (Å²) in [5.74, 6) is 2.25. The second kappa shape index (κ2) is 11.6. The van der Waals surface area contributed by atoms with Crippen molar-refractivity contribution < 1.29 is 14.3 Å². The number of hydrogen-bond donors (Lipinski definition) is 2. The topological polar surface area (TPSA) is 75.2 Å². The molecule has 0 aliphatic heterocycles. The number of guanidine groups is 1. The predicted molar refractivity (Wildman–Crippen MR) is 116 cm³/mol. The Labute approximate surface area is 172 Å². The molecule has 0 aliphatic rings. The van der Waals surface area contributed by atoms with Crippen molar-refractivity contribution in [3.05, 3.63) is 59.7 Å². The molecule has 0 radical (unpaired) electrons. The van der Waals surface area contributed by atoms with Crippen molar-refractivity contribution in [2.24, 2.45) is 4.99 Å². The minimum absolute atomic E-state index is 0.0568. The fourth-order valence-electron chi connectivity index (χ4n) is 2.88.